The Morgan fingerprint density at radius 2 is 1.07 bits per heavy atom. The first-order valence-corrected chi connectivity index (χ1v) is 14.6. The van der Waals surface area contributed by atoms with E-state index in [1.54, 1.807) is 0 Å². The molecule has 0 aromatic carbocycles. The summed E-state index contributed by atoms with van der Waals surface area (Å²) in [6, 6.07) is 12.5. The molecule has 0 saturated carbocycles. The van der Waals surface area contributed by atoms with Gasteiger partial charge in [-0.15, -0.1) is 0 Å². The van der Waals surface area contributed by atoms with Gasteiger partial charge in [0.2, 0.25) is 0 Å². The molecule has 5 rings (SSSR count). The van der Waals surface area contributed by atoms with Gasteiger partial charge in [0.05, 0.1) is 36.0 Å². The lowest BCUT2D eigenvalue weighted by molar-refractivity contribution is -0.143. The van der Waals surface area contributed by atoms with E-state index in [0.29, 0.717) is 26.1 Å². The third-order valence-corrected chi connectivity index (χ3v) is 7.84. The predicted octanol–water partition coefficient (Wildman–Crippen LogP) is 7.48. The number of hydrogen-bond acceptors (Lipinski definition) is 6. The molecule has 8 nitrogen and oxygen atoms in total. The second-order valence-electron chi connectivity index (χ2n) is 10.8. The molecule has 0 atom stereocenters. The summed E-state index contributed by atoms with van der Waals surface area (Å²) in [5.41, 5.74) is 13.4. The maximum atomic E-state index is 12.3. The van der Waals surface area contributed by atoms with Crippen molar-refractivity contribution >= 4 is 56.3 Å². The number of rotatable bonds is 8. The number of aryl methyl sites for hydroxylation is 2. The number of hydrogen-bond donors (Lipinski definition) is 2. The van der Waals surface area contributed by atoms with E-state index in [1.807, 2.05) is 39.8 Å². The van der Waals surface area contributed by atoms with Gasteiger partial charge in [-0.1, -0.05) is 0 Å². The van der Waals surface area contributed by atoms with Gasteiger partial charge in [0.25, 0.3) is 0 Å². The summed E-state index contributed by atoms with van der Waals surface area (Å²) in [5, 5.41) is 0. The van der Waals surface area contributed by atoms with E-state index in [1.165, 1.54) is 0 Å². The number of carbonyl (C=O) groups excluding carboxylic acids is 2. The normalized spacial score (nSPS) is 13.1. The maximum Gasteiger partial charge on any atom is 0.306 e. The molecule has 0 unspecified atom stereocenters. The zero-order valence-electron chi connectivity index (χ0n) is 25.2. The average molecular weight is 567 g/mol. The molecule has 3 aromatic rings. The van der Waals surface area contributed by atoms with Crippen LogP contribution < -0.4 is 0 Å². The molecular formula is C34H38N4O4. The number of allylic oxidation sites excluding steroid dienone is 4. The first-order chi connectivity index (χ1) is 20.2. The van der Waals surface area contributed by atoms with Crippen LogP contribution in [0.25, 0.3) is 44.4 Å². The van der Waals surface area contributed by atoms with Gasteiger partial charge in [-0.2, -0.15) is 0 Å². The minimum absolute atomic E-state index is 0.233. The van der Waals surface area contributed by atoms with Crippen molar-refractivity contribution in [2.24, 2.45) is 0 Å². The standard InChI is InChI=1S/C34H38N4O4/c1-7-41-33(39)11-9-25-21(5)29-16-24-13-19(3)27(35-24)15-23-14-20(4)28(36-23)17-30-22(6)26(10-12-34(40)42-8-2)32(38-30)18-31(25)37-29/h13-18,35-36H,7-12H2,1-6H3. The Morgan fingerprint density at radius 3 is 1.57 bits per heavy atom. The largest absolute Gasteiger partial charge is 0.466 e. The van der Waals surface area contributed by atoms with Crippen molar-refractivity contribution in [3.05, 3.63) is 70.3 Å². The lowest BCUT2D eigenvalue weighted by Crippen LogP contribution is -2.04. The third kappa shape index (κ3) is 6.08. The summed E-state index contributed by atoms with van der Waals surface area (Å²) >= 11 is 0. The van der Waals surface area contributed by atoms with E-state index < -0.39 is 0 Å². The molecule has 42 heavy (non-hydrogen) atoms. The Balaban J connectivity index is 1.75. The smallest absolute Gasteiger partial charge is 0.306 e. The minimum Gasteiger partial charge on any atom is -0.466 e. The van der Waals surface area contributed by atoms with Crippen molar-refractivity contribution in [1.29, 1.82) is 0 Å². The van der Waals surface area contributed by atoms with Crippen LogP contribution in [0.1, 0.15) is 87.3 Å². The van der Waals surface area contributed by atoms with Crippen LogP contribution in [0.3, 0.4) is 0 Å². The molecular weight excluding hydrogens is 528 g/mol. The van der Waals surface area contributed by atoms with Crippen molar-refractivity contribution < 1.29 is 19.1 Å². The summed E-state index contributed by atoms with van der Waals surface area (Å²) < 4.78 is 10.4. The molecule has 0 saturated heterocycles. The average Bonchev–Trinajstić information content (AvgIpc) is 3.63. The van der Waals surface area contributed by atoms with Crippen LogP contribution in [-0.4, -0.2) is 45.1 Å². The zero-order chi connectivity index (χ0) is 30.0. The molecule has 2 aliphatic rings. The summed E-state index contributed by atoms with van der Waals surface area (Å²) in [4.78, 5) is 41.8. The topological polar surface area (TPSA) is 110 Å². The molecule has 8 heteroatoms. The van der Waals surface area contributed by atoms with Crippen LogP contribution >= 0.6 is 0 Å². The minimum atomic E-state index is -0.233. The second kappa shape index (κ2) is 12.2. The fourth-order valence-corrected chi connectivity index (χ4v) is 5.55. The Labute approximate surface area is 245 Å². The van der Waals surface area contributed by atoms with E-state index in [4.69, 9.17) is 19.4 Å². The van der Waals surface area contributed by atoms with Crippen LogP contribution in [0.4, 0.5) is 0 Å². The number of aromatic nitrogens is 4. The summed E-state index contributed by atoms with van der Waals surface area (Å²) in [6.45, 7) is 12.6. The third-order valence-electron chi connectivity index (χ3n) is 7.84. The van der Waals surface area contributed by atoms with E-state index >= 15 is 0 Å². The lowest BCUT2D eigenvalue weighted by atomic mass is 9.98. The maximum absolute atomic E-state index is 12.3. The number of fused-ring (bicyclic) bond motifs is 8. The van der Waals surface area contributed by atoms with Crippen molar-refractivity contribution in [1.82, 2.24) is 19.9 Å². The van der Waals surface area contributed by atoms with Crippen molar-refractivity contribution in [2.45, 2.75) is 67.2 Å². The number of nitrogens with zero attached hydrogens (tertiary/aromatic N) is 2. The van der Waals surface area contributed by atoms with Gasteiger partial charge >= 0.3 is 11.9 Å². The van der Waals surface area contributed by atoms with Crippen molar-refractivity contribution in [3.63, 3.8) is 0 Å². The highest BCUT2D eigenvalue weighted by Crippen LogP contribution is 2.37. The van der Waals surface area contributed by atoms with Gasteiger partial charge in [-0.25, -0.2) is 9.97 Å². The number of aromatic amines is 2. The van der Waals surface area contributed by atoms with E-state index in [2.05, 4.69) is 48.1 Å². The first kappa shape index (κ1) is 29.0. The molecule has 8 bridgehead atoms. The van der Waals surface area contributed by atoms with E-state index in [9.17, 15) is 9.59 Å². The van der Waals surface area contributed by atoms with Crippen molar-refractivity contribution in [3.8, 4) is 0 Å². The Bertz CT molecular complexity index is 1790. The Morgan fingerprint density at radius 1 is 0.619 bits per heavy atom. The summed E-state index contributed by atoms with van der Waals surface area (Å²) in [6.07, 6.45) is 1.53. The van der Waals surface area contributed by atoms with Crippen LogP contribution in [0.15, 0.2) is 36.4 Å². The highest BCUT2D eigenvalue weighted by Gasteiger charge is 2.22. The van der Waals surface area contributed by atoms with Gasteiger partial charge < -0.3 is 19.4 Å². The second-order valence-corrected chi connectivity index (χ2v) is 10.8. The van der Waals surface area contributed by atoms with Gasteiger partial charge in [0.15, 0.2) is 0 Å². The molecule has 3 aromatic heterocycles. The van der Waals surface area contributed by atoms with Gasteiger partial charge in [-0.3, -0.25) is 9.59 Å². The molecule has 2 aliphatic heterocycles. The number of nitrogens with one attached hydrogen (secondary N) is 2. The summed E-state index contributed by atoms with van der Waals surface area (Å²) in [5.74, 6) is -0.467. The van der Waals surface area contributed by atoms with E-state index in [-0.39, 0.29) is 24.8 Å². The van der Waals surface area contributed by atoms with Crippen LogP contribution in [-0.2, 0) is 19.1 Å². The molecule has 5 heterocycles. The molecule has 0 aliphatic carbocycles. The zero-order valence-corrected chi connectivity index (χ0v) is 25.2. The fraction of sp³-hybridized carbons (Fsp3) is 0.353. The van der Waals surface area contributed by atoms with Crippen molar-refractivity contribution in [2.75, 3.05) is 13.2 Å². The molecule has 218 valence electrons. The predicted molar refractivity (Wildman–Crippen MR) is 167 cm³/mol. The van der Waals surface area contributed by atoms with Gasteiger partial charge in [0, 0.05) is 34.9 Å². The van der Waals surface area contributed by atoms with Crippen LogP contribution in [0, 0.1) is 13.8 Å². The number of esters is 2. The highest BCUT2D eigenvalue weighted by molar-refractivity contribution is 5.96. The molecule has 0 spiro atoms. The number of H-pyrrole nitrogens is 2. The lowest BCUT2D eigenvalue weighted by Gasteiger charge is -2.07. The number of ether oxygens (including phenoxy) is 2. The Hall–Kier alpha value is -4.46. The fourth-order valence-electron chi connectivity index (χ4n) is 5.55. The highest BCUT2D eigenvalue weighted by atomic mass is 16.5. The van der Waals surface area contributed by atoms with Crippen LogP contribution in [0.2, 0.25) is 0 Å². The van der Waals surface area contributed by atoms with Gasteiger partial charge in [0.1, 0.15) is 0 Å². The summed E-state index contributed by atoms with van der Waals surface area (Å²) in [7, 11) is 0. The monoisotopic (exact) mass is 566 g/mol. The SMILES string of the molecule is CCOC(=O)CCC1=C(C)c2cc3cc(C)c(cc4cc(C)c(cc5nc(cc1n2)C(CCC(=O)OCC)=C5C)[nH]4)[nH]3. The first-order valence-electron chi connectivity index (χ1n) is 14.6. The van der Waals surface area contributed by atoms with Crippen LogP contribution in [0.5, 0.6) is 0 Å². The Kier molecular flexibility index (Phi) is 8.43. The quantitative estimate of drug-likeness (QED) is 0.274. The van der Waals surface area contributed by atoms with Gasteiger partial charge in [-0.05, 0) is 124 Å². The molecule has 0 radical (unpaired) electrons. The molecule has 2 N–H and O–H groups in total. The number of carbonyl (C=O) groups is 2. The molecule has 0 amide bonds. The van der Waals surface area contributed by atoms with E-state index in [0.717, 1.165) is 78.3 Å². The molecule has 0 fully saturated rings.